The Morgan fingerprint density at radius 1 is 0.815 bits per heavy atom. The average molecular weight is 789 g/mol. The number of imide groups is 1. The topological polar surface area (TPSA) is 133 Å². The molecule has 1 N–H and O–H groups in total. The fourth-order valence-corrected chi connectivity index (χ4v) is 8.67. The van der Waals surface area contributed by atoms with E-state index in [1.54, 1.807) is 55.5 Å². The predicted molar refractivity (Wildman–Crippen MR) is 214 cm³/mol. The van der Waals surface area contributed by atoms with Gasteiger partial charge in [-0.05, 0) is 37.5 Å². The molecule has 3 atom stereocenters. The fraction of sp³-hybridized carbons (Fsp3) is 0.610. The molecule has 0 aromatic heterocycles. The van der Waals surface area contributed by atoms with Crippen LogP contribution in [0.15, 0.2) is 60.7 Å². The Hall–Kier alpha value is -3.32. The van der Waals surface area contributed by atoms with Gasteiger partial charge in [-0.1, -0.05) is 165 Å². The summed E-state index contributed by atoms with van der Waals surface area (Å²) in [6, 6.07) is 15.7. The number of para-hydroxylation sites is 1. The van der Waals surface area contributed by atoms with E-state index in [0.29, 0.717) is 41.2 Å². The summed E-state index contributed by atoms with van der Waals surface area (Å²) in [5.74, 6) is -3.30. The highest BCUT2D eigenvalue weighted by Crippen LogP contribution is 2.39. The zero-order chi connectivity index (χ0) is 39.9. The standard InChI is InChI=1S/C41H61ClN4O7S/c1-7-10-12-13-14-15-16-17-24-30-34(29-11-8-2)54(51,52)43-46(33-27-22-19-23-28-33)38(49)41(42,37(48)40(4,5)6)45-35(47)36(53-9-3)44(39(45)50)31-32-25-20-18-21-26-32/h18-23,25-28,34,36,43H,7-17,24,29-31H2,1-6H3. The number of sulfonamides is 1. The summed E-state index contributed by atoms with van der Waals surface area (Å²) in [5, 5.41) is -0.139. The number of anilines is 1. The number of carbonyl (C=O) groups excluding carboxylic acids is 4. The SMILES string of the molecule is CCCCCCCCCCCC(CCCC)S(=O)(=O)NN(C(=O)C(Cl)(C(=O)C(C)(C)C)N1C(=O)C(OCC)N(Cc2ccccc2)C1=O)c1ccccc1. The fourth-order valence-electron chi connectivity index (χ4n) is 6.60. The molecule has 1 aliphatic rings. The third-order valence-electron chi connectivity index (χ3n) is 9.63. The second kappa shape index (κ2) is 21.1. The number of unbranched alkanes of at least 4 members (excludes halogenated alkanes) is 9. The van der Waals surface area contributed by atoms with E-state index < -0.39 is 55.5 Å². The highest BCUT2D eigenvalue weighted by atomic mass is 35.5. The first-order chi connectivity index (χ1) is 25.6. The smallest absolute Gasteiger partial charge is 0.331 e. The molecule has 2 aromatic carbocycles. The van der Waals surface area contributed by atoms with Gasteiger partial charge in [0.1, 0.15) is 0 Å². The van der Waals surface area contributed by atoms with Gasteiger partial charge >= 0.3 is 6.03 Å². The molecule has 0 aliphatic carbocycles. The summed E-state index contributed by atoms with van der Waals surface area (Å²) in [4.78, 5) is 59.1. The van der Waals surface area contributed by atoms with Gasteiger partial charge in [0.2, 0.25) is 16.3 Å². The van der Waals surface area contributed by atoms with Crippen molar-refractivity contribution in [1.82, 2.24) is 14.6 Å². The molecule has 2 aromatic rings. The van der Waals surface area contributed by atoms with Gasteiger partial charge in [0, 0.05) is 12.0 Å². The summed E-state index contributed by atoms with van der Waals surface area (Å²) in [7, 11) is -4.28. The molecular weight excluding hydrogens is 728 g/mol. The predicted octanol–water partition coefficient (Wildman–Crippen LogP) is 8.71. The lowest BCUT2D eigenvalue weighted by atomic mass is 9.85. The number of amides is 4. The molecule has 3 unspecified atom stereocenters. The van der Waals surface area contributed by atoms with Gasteiger partial charge in [-0.3, -0.25) is 19.3 Å². The van der Waals surface area contributed by atoms with Gasteiger partial charge in [0.05, 0.1) is 17.5 Å². The van der Waals surface area contributed by atoms with Crippen LogP contribution in [-0.4, -0.2) is 64.9 Å². The molecule has 3 rings (SSSR count). The molecule has 11 nitrogen and oxygen atoms in total. The first kappa shape index (κ1) is 45.1. The normalized spacial score (nSPS) is 16.8. The summed E-state index contributed by atoms with van der Waals surface area (Å²) in [6.45, 7) is 10.3. The number of hydrazine groups is 1. The Kier molecular flexibility index (Phi) is 17.6. The summed E-state index contributed by atoms with van der Waals surface area (Å²) < 4.78 is 34.4. The van der Waals surface area contributed by atoms with Crippen LogP contribution >= 0.6 is 11.6 Å². The van der Waals surface area contributed by atoms with Crippen LogP contribution in [0.4, 0.5) is 10.5 Å². The van der Waals surface area contributed by atoms with Crippen LogP contribution in [0.5, 0.6) is 0 Å². The van der Waals surface area contributed by atoms with Gasteiger partial charge in [-0.15, -0.1) is 4.83 Å². The Morgan fingerprint density at radius 3 is 1.87 bits per heavy atom. The zero-order valence-corrected chi connectivity index (χ0v) is 34.6. The minimum Gasteiger partial charge on any atom is -0.350 e. The molecule has 0 spiro atoms. The number of halogens is 1. The molecule has 1 heterocycles. The van der Waals surface area contributed by atoms with Crippen molar-refractivity contribution in [1.29, 1.82) is 0 Å². The molecule has 54 heavy (non-hydrogen) atoms. The molecule has 1 saturated heterocycles. The van der Waals surface area contributed by atoms with E-state index in [-0.39, 0.29) is 18.8 Å². The van der Waals surface area contributed by atoms with Gasteiger partial charge in [0.15, 0.2) is 5.78 Å². The van der Waals surface area contributed by atoms with Crippen molar-refractivity contribution in [2.24, 2.45) is 5.41 Å². The monoisotopic (exact) mass is 788 g/mol. The molecule has 1 fully saturated rings. The summed E-state index contributed by atoms with van der Waals surface area (Å²) in [6.07, 6.45) is 10.4. The second-order valence-electron chi connectivity index (χ2n) is 15.1. The third kappa shape index (κ3) is 11.6. The summed E-state index contributed by atoms with van der Waals surface area (Å²) >= 11 is 7.19. The molecule has 13 heteroatoms. The van der Waals surface area contributed by atoms with Crippen molar-refractivity contribution >= 4 is 50.9 Å². The maximum absolute atomic E-state index is 15.0. The maximum Gasteiger partial charge on any atom is 0.331 e. The number of hydrogen-bond donors (Lipinski definition) is 1. The number of ketones is 1. The van der Waals surface area contributed by atoms with Crippen LogP contribution in [-0.2, 0) is 35.7 Å². The number of benzene rings is 2. The van der Waals surface area contributed by atoms with Gasteiger partial charge in [-0.2, -0.15) is 0 Å². The number of rotatable bonds is 24. The van der Waals surface area contributed by atoms with E-state index in [1.165, 1.54) is 58.6 Å². The second-order valence-corrected chi connectivity index (χ2v) is 17.6. The number of ether oxygens (including phenoxy) is 1. The Labute approximate surface area is 328 Å². The van der Waals surface area contributed by atoms with Gasteiger partial charge in [-0.25, -0.2) is 23.1 Å². The Balaban J connectivity index is 2.02. The largest absolute Gasteiger partial charge is 0.350 e. The van der Waals surface area contributed by atoms with E-state index >= 15 is 4.79 Å². The van der Waals surface area contributed by atoms with Crippen LogP contribution < -0.4 is 9.84 Å². The van der Waals surface area contributed by atoms with E-state index in [0.717, 1.165) is 37.0 Å². The summed E-state index contributed by atoms with van der Waals surface area (Å²) in [5.41, 5.74) is -0.647. The lowest BCUT2D eigenvalue weighted by Gasteiger charge is -2.39. The minimum absolute atomic E-state index is 0.0350. The van der Waals surface area contributed by atoms with Crippen molar-refractivity contribution in [3.63, 3.8) is 0 Å². The van der Waals surface area contributed by atoms with E-state index in [2.05, 4.69) is 11.8 Å². The third-order valence-corrected chi connectivity index (χ3v) is 11.9. The quantitative estimate of drug-likeness (QED) is 0.0281. The van der Waals surface area contributed by atoms with E-state index in [1.807, 2.05) is 6.92 Å². The number of hydrogen-bond acceptors (Lipinski definition) is 7. The molecule has 1 aliphatic heterocycles. The molecule has 4 amide bonds. The molecule has 0 bridgehead atoms. The molecule has 300 valence electrons. The van der Waals surface area contributed by atoms with Crippen LogP contribution in [0.3, 0.4) is 0 Å². The minimum atomic E-state index is -4.28. The number of nitrogens with zero attached hydrogens (tertiary/aromatic N) is 3. The number of alkyl halides is 1. The van der Waals surface area contributed by atoms with Crippen LogP contribution in [0.2, 0.25) is 0 Å². The zero-order valence-electron chi connectivity index (χ0n) is 33.0. The van der Waals surface area contributed by atoms with Crippen LogP contribution in [0.1, 0.15) is 131 Å². The first-order valence-corrected chi connectivity index (χ1v) is 21.5. The van der Waals surface area contributed by atoms with Crippen molar-refractivity contribution in [3.05, 3.63) is 66.2 Å². The maximum atomic E-state index is 15.0. The number of nitrogens with one attached hydrogen (secondary N) is 1. The Bertz CT molecular complexity index is 1620. The lowest BCUT2D eigenvalue weighted by Crippen LogP contribution is -2.67. The van der Waals surface area contributed by atoms with Crippen molar-refractivity contribution in [2.75, 3.05) is 11.6 Å². The van der Waals surface area contributed by atoms with Gasteiger partial charge < -0.3 is 4.74 Å². The van der Waals surface area contributed by atoms with E-state index in [4.69, 9.17) is 16.3 Å². The van der Waals surface area contributed by atoms with Gasteiger partial charge in [0.25, 0.3) is 16.8 Å². The average Bonchev–Trinajstić information content (AvgIpc) is 3.38. The van der Waals surface area contributed by atoms with Crippen molar-refractivity contribution in [3.8, 4) is 0 Å². The number of carbonyl (C=O) groups is 4. The Morgan fingerprint density at radius 2 is 1.33 bits per heavy atom. The number of urea groups is 1. The molecular formula is C41H61ClN4O7S. The highest BCUT2D eigenvalue weighted by Gasteiger charge is 2.64. The van der Waals surface area contributed by atoms with Crippen molar-refractivity contribution in [2.45, 2.75) is 148 Å². The highest BCUT2D eigenvalue weighted by molar-refractivity contribution is 7.90. The van der Waals surface area contributed by atoms with Crippen LogP contribution in [0.25, 0.3) is 0 Å². The lowest BCUT2D eigenvalue weighted by molar-refractivity contribution is -0.152. The molecule has 0 saturated carbocycles. The number of Topliss-reactive ketones (excluding diaryl/α,β-unsaturated/α-hetero) is 1. The van der Waals surface area contributed by atoms with Crippen molar-refractivity contribution < 1.29 is 32.3 Å². The van der Waals surface area contributed by atoms with Crippen LogP contribution in [0, 0.1) is 5.41 Å². The molecule has 0 radical (unpaired) electrons. The van der Waals surface area contributed by atoms with E-state index in [9.17, 15) is 22.8 Å². The first-order valence-electron chi connectivity index (χ1n) is 19.6.